The fraction of sp³-hybridized carbons (Fsp3) is 0.923. The van der Waals surface area contributed by atoms with Crippen LogP contribution < -0.4 is 5.32 Å². The van der Waals surface area contributed by atoms with E-state index in [1.807, 2.05) is 11.8 Å². The van der Waals surface area contributed by atoms with Gasteiger partial charge in [0.25, 0.3) is 0 Å². The van der Waals surface area contributed by atoms with Crippen molar-refractivity contribution in [2.45, 2.75) is 39.5 Å². The molecule has 0 spiro atoms. The lowest BCUT2D eigenvalue weighted by atomic mass is 9.80. The average molecular weight is 240 g/mol. The molecule has 1 heterocycles. The first-order chi connectivity index (χ1) is 7.75. The largest absolute Gasteiger partial charge is 0.365 e. The first kappa shape index (κ1) is 12.3. The third-order valence-electron chi connectivity index (χ3n) is 3.86. The van der Waals surface area contributed by atoms with Gasteiger partial charge in [0.2, 0.25) is 0 Å². The van der Waals surface area contributed by atoms with Crippen LogP contribution in [-0.2, 0) is 0 Å². The van der Waals surface area contributed by atoms with Gasteiger partial charge in [0, 0.05) is 18.8 Å². The van der Waals surface area contributed by atoms with E-state index in [4.69, 9.17) is 0 Å². The SMILES string of the molecule is CC1CN=C(NCC2CCCCC2C)SC1. The van der Waals surface area contributed by atoms with E-state index in [2.05, 4.69) is 24.2 Å². The van der Waals surface area contributed by atoms with Gasteiger partial charge in [-0.2, -0.15) is 0 Å². The molecule has 1 aliphatic heterocycles. The van der Waals surface area contributed by atoms with Crippen LogP contribution in [0.25, 0.3) is 0 Å². The zero-order valence-electron chi connectivity index (χ0n) is 10.5. The molecule has 2 rings (SSSR count). The summed E-state index contributed by atoms with van der Waals surface area (Å²) < 4.78 is 0. The summed E-state index contributed by atoms with van der Waals surface area (Å²) in [5.41, 5.74) is 0. The van der Waals surface area contributed by atoms with Gasteiger partial charge >= 0.3 is 0 Å². The second kappa shape index (κ2) is 5.95. The molecule has 3 heteroatoms. The number of nitrogens with zero attached hydrogens (tertiary/aromatic N) is 1. The van der Waals surface area contributed by atoms with Gasteiger partial charge < -0.3 is 5.32 Å². The maximum Gasteiger partial charge on any atom is 0.156 e. The molecule has 3 atom stereocenters. The molecule has 1 aliphatic carbocycles. The van der Waals surface area contributed by atoms with Gasteiger partial charge in [0.05, 0.1) is 0 Å². The number of hydrogen-bond donors (Lipinski definition) is 1. The fourth-order valence-corrected chi connectivity index (χ4v) is 3.48. The molecular formula is C13H24N2S. The van der Waals surface area contributed by atoms with Crippen molar-refractivity contribution in [3.63, 3.8) is 0 Å². The zero-order valence-corrected chi connectivity index (χ0v) is 11.4. The third-order valence-corrected chi connectivity index (χ3v) is 5.14. The van der Waals surface area contributed by atoms with Gasteiger partial charge in [-0.3, -0.25) is 4.99 Å². The molecule has 1 saturated carbocycles. The standard InChI is InChI=1S/C13H24N2S/c1-10-7-14-13(16-9-10)15-8-12-6-4-3-5-11(12)2/h10-12H,3-9H2,1-2H3,(H,14,15). The third kappa shape index (κ3) is 3.41. The number of aliphatic imine (C=N–C) groups is 1. The van der Waals surface area contributed by atoms with Crippen molar-refractivity contribution in [2.24, 2.45) is 22.7 Å². The second-order valence-electron chi connectivity index (χ2n) is 5.46. The Morgan fingerprint density at radius 1 is 1.31 bits per heavy atom. The average Bonchev–Trinajstić information content (AvgIpc) is 2.30. The molecule has 0 aromatic heterocycles. The maximum absolute atomic E-state index is 4.59. The van der Waals surface area contributed by atoms with Crippen LogP contribution in [0.3, 0.4) is 0 Å². The first-order valence-corrected chi connectivity index (χ1v) is 7.65. The van der Waals surface area contributed by atoms with Gasteiger partial charge in [-0.05, 0) is 24.2 Å². The van der Waals surface area contributed by atoms with Crippen LogP contribution in [0.4, 0.5) is 0 Å². The van der Waals surface area contributed by atoms with Crippen LogP contribution in [0.15, 0.2) is 4.99 Å². The van der Waals surface area contributed by atoms with Crippen molar-refractivity contribution in [1.29, 1.82) is 0 Å². The van der Waals surface area contributed by atoms with Gasteiger partial charge in [-0.25, -0.2) is 0 Å². The number of thioether (sulfide) groups is 1. The van der Waals surface area contributed by atoms with E-state index in [9.17, 15) is 0 Å². The summed E-state index contributed by atoms with van der Waals surface area (Å²) in [6, 6.07) is 0. The minimum atomic E-state index is 0.754. The Hall–Kier alpha value is -0.180. The van der Waals surface area contributed by atoms with E-state index in [0.29, 0.717) is 0 Å². The molecule has 0 saturated heterocycles. The van der Waals surface area contributed by atoms with Crippen molar-refractivity contribution >= 4 is 16.9 Å². The number of nitrogens with one attached hydrogen (secondary N) is 1. The molecule has 2 nitrogen and oxygen atoms in total. The van der Waals surface area contributed by atoms with Crippen LogP contribution >= 0.6 is 11.8 Å². The summed E-state index contributed by atoms with van der Waals surface area (Å²) in [6.45, 7) is 6.83. The smallest absolute Gasteiger partial charge is 0.156 e. The van der Waals surface area contributed by atoms with E-state index in [1.165, 1.54) is 36.6 Å². The highest BCUT2D eigenvalue weighted by molar-refractivity contribution is 8.13. The lowest BCUT2D eigenvalue weighted by Gasteiger charge is -2.29. The molecule has 3 unspecified atom stereocenters. The van der Waals surface area contributed by atoms with E-state index in [-0.39, 0.29) is 0 Å². The van der Waals surface area contributed by atoms with Gasteiger partial charge in [-0.15, -0.1) is 0 Å². The van der Waals surface area contributed by atoms with Crippen LogP contribution in [0.1, 0.15) is 39.5 Å². The highest BCUT2D eigenvalue weighted by atomic mass is 32.2. The van der Waals surface area contributed by atoms with Crippen molar-refractivity contribution < 1.29 is 0 Å². The predicted molar refractivity (Wildman–Crippen MR) is 73.0 cm³/mol. The van der Waals surface area contributed by atoms with E-state index in [0.717, 1.165) is 30.8 Å². The summed E-state index contributed by atoms with van der Waals surface area (Å²) in [6.07, 6.45) is 5.68. The second-order valence-corrected chi connectivity index (χ2v) is 6.47. The number of rotatable bonds is 2. The Labute approximate surface area is 104 Å². The number of hydrogen-bond acceptors (Lipinski definition) is 3. The van der Waals surface area contributed by atoms with Crippen LogP contribution in [0.5, 0.6) is 0 Å². The monoisotopic (exact) mass is 240 g/mol. The Bertz CT molecular complexity index is 252. The van der Waals surface area contributed by atoms with Crippen molar-refractivity contribution in [1.82, 2.24) is 5.32 Å². The molecule has 1 N–H and O–H groups in total. The lowest BCUT2D eigenvalue weighted by molar-refractivity contribution is 0.257. The van der Waals surface area contributed by atoms with Crippen molar-refractivity contribution in [2.75, 3.05) is 18.8 Å². The molecule has 1 fully saturated rings. The van der Waals surface area contributed by atoms with Crippen LogP contribution in [-0.4, -0.2) is 24.0 Å². The maximum atomic E-state index is 4.59. The summed E-state index contributed by atoms with van der Waals surface area (Å²) in [7, 11) is 0. The molecule has 0 aromatic carbocycles. The molecule has 2 aliphatic rings. The Morgan fingerprint density at radius 3 is 2.81 bits per heavy atom. The molecular weight excluding hydrogens is 216 g/mol. The lowest BCUT2D eigenvalue weighted by Crippen LogP contribution is -2.34. The molecule has 0 radical (unpaired) electrons. The Morgan fingerprint density at radius 2 is 2.12 bits per heavy atom. The van der Waals surface area contributed by atoms with E-state index >= 15 is 0 Å². The summed E-state index contributed by atoms with van der Waals surface area (Å²) >= 11 is 1.90. The van der Waals surface area contributed by atoms with Crippen molar-refractivity contribution in [3.05, 3.63) is 0 Å². The first-order valence-electron chi connectivity index (χ1n) is 6.67. The topological polar surface area (TPSA) is 24.4 Å². The normalized spacial score (nSPS) is 35.6. The summed E-state index contributed by atoms with van der Waals surface area (Å²) in [4.78, 5) is 4.59. The van der Waals surface area contributed by atoms with E-state index < -0.39 is 0 Å². The highest BCUT2D eigenvalue weighted by Gasteiger charge is 2.21. The van der Waals surface area contributed by atoms with Crippen LogP contribution in [0.2, 0.25) is 0 Å². The fourth-order valence-electron chi connectivity index (χ4n) is 2.58. The van der Waals surface area contributed by atoms with Gasteiger partial charge in [0.15, 0.2) is 5.17 Å². The van der Waals surface area contributed by atoms with E-state index in [1.54, 1.807) is 0 Å². The van der Waals surface area contributed by atoms with Crippen LogP contribution in [0, 0.1) is 17.8 Å². The minimum Gasteiger partial charge on any atom is -0.365 e. The number of amidine groups is 1. The predicted octanol–water partition coefficient (Wildman–Crippen LogP) is 3.14. The van der Waals surface area contributed by atoms with Gasteiger partial charge in [-0.1, -0.05) is 44.9 Å². The minimum absolute atomic E-state index is 0.754. The Kier molecular flexibility index (Phi) is 4.56. The Balaban J connectivity index is 1.74. The summed E-state index contributed by atoms with van der Waals surface area (Å²) in [5.74, 6) is 3.75. The molecule has 92 valence electrons. The summed E-state index contributed by atoms with van der Waals surface area (Å²) in [5, 5.41) is 4.75. The van der Waals surface area contributed by atoms with Crippen molar-refractivity contribution in [3.8, 4) is 0 Å². The molecule has 0 aromatic rings. The zero-order chi connectivity index (χ0) is 11.4. The molecule has 0 amide bonds. The van der Waals surface area contributed by atoms with Gasteiger partial charge in [0.1, 0.15) is 0 Å². The highest BCUT2D eigenvalue weighted by Crippen LogP contribution is 2.29. The quantitative estimate of drug-likeness (QED) is 0.802. The molecule has 0 bridgehead atoms. The molecule has 16 heavy (non-hydrogen) atoms.